The Bertz CT molecular complexity index is 869. The predicted molar refractivity (Wildman–Crippen MR) is 99.0 cm³/mol. The van der Waals surface area contributed by atoms with Crippen molar-refractivity contribution in [3.63, 3.8) is 0 Å². The molecular formula is C16H17BrClNO6S. The van der Waals surface area contributed by atoms with Gasteiger partial charge in [0.25, 0.3) is 5.78 Å². The molecule has 0 saturated heterocycles. The molecule has 0 fully saturated rings. The standard InChI is InChI=1S/C16H17BrClNO6S/c1-10(20)24-13-14(21)16(2,11-5-3-6-12(18)9-11)25-15(13)19-26(22,23)8-4-7-17/h3,5-6,9,19H,4,7-8H2,1-2H3. The number of hydrogen-bond acceptors (Lipinski definition) is 6. The van der Waals surface area contributed by atoms with Gasteiger partial charge in [0, 0.05) is 22.8 Å². The predicted octanol–water partition coefficient (Wildman–Crippen LogP) is 2.59. The van der Waals surface area contributed by atoms with Gasteiger partial charge in [0.15, 0.2) is 5.60 Å². The summed E-state index contributed by atoms with van der Waals surface area (Å²) in [5.74, 6) is -2.55. The molecule has 1 atom stereocenters. The molecule has 2 rings (SSSR count). The molecule has 1 aromatic rings. The molecule has 0 aliphatic carbocycles. The fraction of sp³-hybridized carbons (Fsp3) is 0.375. The Kier molecular flexibility index (Phi) is 6.36. The Hall–Kier alpha value is -1.58. The van der Waals surface area contributed by atoms with Crippen LogP contribution in [0.15, 0.2) is 35.9 Å². The molecule has 0 radical (unpaired) electrons. The van der Waals surface area contributed by atoms with E-state index < -0.39 is 39.0 Å². The third-order valence-corrected chi connectivity index (χ3v) is 5.69. The number of Topliss-reactive ketones (excluding diaryl/α,β-unsaturated/α-hetero) is 1. The van der Waals surface area contributed by atoms with Crippen molar-refractivity contribution in [3.8, 4) is 0 Å². The van der Waals surface area contributed by atoms with Crippen molar-refractivity contribution >= 4 is 49.3 Å². The van der Waals surface area contributed by atoms with Crippen LogP contribution in [0.25, 0.3) is 0 Å². The van der Waals surface area contributed by atoms with Crippen molar-refractivity contribution in [2.45, 2.75) is 25.9 Å². The number of benzene rings is 1. The molecule has 26 heavy (non-hydrogen) atoms. The summed E-state index contributed by atoms with van der Waals surface area (Å²) < 4.78 is 37.1. The molecule has 142 valence electrons. The summed E-state index contributed by atoms with van der Waals surface area (Å²) in [5.41, 5.74) is -1.18. The highest BCUT2D eigenvalue weighted by atomic mass is 79.9. The van der Waals surface area contributed by atoms with E-state index in [1.807, 2.05) is 0 Å². The molecule has 7 nitrogen and oxygen atoms in total. The maximum atomic E-state index is 12.8. The molecule has 1 heterocycles. The Morgan fingerprint density at radius 1 is 1.42 bits per heavy atom. The molecular weight excluding hydrogens is 450 g/mol. The van der Waals surface area contributed by atoms with Gasteiger partial charge in [-0.3, -0.25) is 14.3 Å². The van der Waals surface area contributed by atoms with Crippen LogP contribution >= 0.6 is 27.5 Å². The summed E-state index contributed by atoms with van der Waals surface area (Å²) in [6.45, 7) is 2.55. The lowest BCUT2D eigenvalue weighted by Gasteiger charge is -2.23. The van der Waals surface area contributed by atoms with Crippen molar-refractivity contribution in [2.24, 2.45) is 0 Å². The minimum Gasteiger partial charge on any atom is -0.456 e. The number of rotatable bonds is 7. The van der Waals surface area contributed by atoms with Crippen LogP contribution < -0.4 is 4.72 Å². The smallest absolute Gasteiger partial charge is 0.308 e. The number of sulfonamides is 1. The van der Waals surface area contributed by atoms with Gasteiger partial charge in [0.2, 0.25) is 21.7 Å². The van der Waals surface area contributed by atoms with Crippen molar-refractivity contribution in [1.82, 2.24) is 4.72 Å². The first-order chi connectivity index (χ1) is 12.1. The van der Waals surface area contributed by atoms with Gasteiger partial charge in [-0.2, -0.15) is 0 Å². The monoisotopic (exact) mass is 465 g/mol. The van der Waals surface area contributed by atoms with Crippen LogP contribution in [0.3, 0.4) is 0 Å². The Morgan fingerprint density at radius 2 is 2.12 bits per heavy atom. The summed E-state index contributed by atoms with van der Waals surface area (Å²) in [7, 11) is -3.79. The molecule has 1 aromatic carbocycles. The highest BCUT2D eigenvalue weighted by Gasteiger charge is 2.50. The number of ether oxygens (including phenoxy) is 2. The number of halogens is 2. The van der Waals surface area contributed by atoms with E-state index in [0.29, 0.717) is 22.3 Å². The molecule has 1 aliphatic heterocycles. The zero-order chi connectivity index (χ0) is 19.5. The highest BCUT2D eigenvalue weighted by Crippen LogP contribution is 2.39. The lowest BCUT2D eigenvalue weighted by Crippen LogP contribution is -2.33. The number of carbonyl (C=O) groups excluding carboxylic acids is 2. The van der Waals surface area contributed by atoms with Crippen LogP contribution in [0.2, 0.25) is 5.02 Å². The van der Waals surface area contributed by atoms with Crippen molar-refractivity contribution in [3.05, 3.63) is 46.5 Å². The fourth-order valence-corrected chi connectivity index (χ4v) is 4.22. The topological polar surface area (TPSA) is 98.8 Å². The minimum atomic E-state index is -3.79. The molecule has 10 heteroatoms. The zero-order valence-electron chi connectivity index (χ0n) is 14.0. The summed E-state index contributed by atoms with van der Waals surface area (Å²) in [6, 6.07) is 6.38. The second-order valence-corrected chi connectivity index (χ2v) is 8.76. The summed E-state index contributed by atoms with van der Waals surface area (Å²) >= 11 is 9.12. The Morgan fingerprint density at radius 3 is 2.69 bits per heavy atom. The summed E-state index contributed by atoms with van der Waals surface area (Å²) in [6.07, 6.45) is 0.352. The second-order valence-electron chi connectivity index (χ2n) is 5.69. The quantitative estimate of drug-likeness (QED) is 0.490. The third kappa shape index (κ3) is 4.57. The molecule has 0 bridgehead atoms. The van der Waals surface area contributed by atoms with Crippen LogP contribution in [0.4, 0.5) is 0 Å². The number of esters is 1. The molecule has 1 N–H and O–H groups in total. The minimum absolute atomic E-state index is 0.194. The van der Waals surface area contributed by atoms with Gasteiger partial charge in [-0.1, -0.05) is 39.7 Å². The van der Waals surface area contributed by atoms with Gasteiger partial charge in [-0.05, 0) is 25.5 Å². The lowest BCUT2D eigenvalue weighted by atomic mass is 9.92. The highest BCUT2D eigenvalue weighted by molar-refractivity contribution is 9.09. The van der Waals surface area contributed by atoms with Crippen LogP contribution in [-0.4, -0.2) is 31.3 Å². The first-order valence-corrected chi connectivity index (χ1v) is 10.7. The van der Waals surface area contributed by atoms with E-state index in [1.165, 1.54) is 13.0 Å². The van der Waals surface area contributed by atoms with Crippen molar-refractivity contribution in [2.75, 3.05) is 11.1 Å². The number of ketones is 1. The van der Waals surface area contributed by atoms with E-state index in [1.54, 1.807) is 18.2 Å². The van der Waals surface area contributed by atoms with Crippen LogP contribution in [0.5, 0.6) is 0 Å². The summed E-state index contributed by atoms with van der Waals surface area (Å²) in [5, 5.41) is 0.865. The van der Waals surface area contributed by atoms with E-state index in [2.05, 4.69) is 20.7 Å². The fourth-order valence-electron chi connectivity index (χ4n) is 2.33. The first-order valence-electron chi connectivity index (χ1n) is 7.58. The van der Waals surface area contributed by atoms with E-state index in [4.69, 9.17) is 21.1 Å². The molecule has 1 aliphatic rings. The molecule has 0 spiro atoms. The number of carbonyl (C=O) groups is 2. The number of hydrogen-bond donors (Lipinski definition) is 1. The molecule has 0 amide bonds. The van der Waals surface area contributed by atoms with E-state index in [-0.39, 0.29) is 5.75 Å². The van der Waals surface area contributed by atoms with Gasteiger partial charge < -0.3 is 9.47 Å². The number of nitrogens with one attached hydrogen (secondary N) is 1. The first kappa shape index (κ1) is 20.7. The number of alkyl halides is 1. The van der Waals surface area contributed by atoms with Crippen molar-refractivity contribution < 1.29 is 27.5 Å². The Balaban J connectivity index is 2.41. The van der Waals surface area contributed by atoms with E-state index in [0.717, 1.165) is 6.92 Å². The third-order valence-electron chi connectivity index (χ3n) is 3.57. The van der Waals surface area contributed by atoms with Gasteiger partial charge in [0.05, 0.1) is 5.75 Å². The normalized spacial score (nSPS) is 20.1. The average molecular weight is 467 g/mol. The van der Waals surface area contributed by atoms with E-state index in [9.17, 15) is 18.0 Å². The zero-order valence-corrected chi connectivity index (χ0v) is 17.2. The Labute approximate surface area is 164 Å². The van der Waals surface area contributed by atoms with E-state index >= 15 is 0 Å². The van der Waals surface area contributed by atoms with Gasteiger partial charge in [-0.15, -0.1) is 0 Å². The van der Waals surface area contributed by atoms with Gasteiger partial charge in [0.1, 0.15) is 0 Å². The molecule has 0 aromatic heterocycles. The van der Waals surface area contributed by atoms with Gasteiger partial charge in [-0.25, -0.2) is 8.42 Å². The van der Waals surface area contributed by atoms with Crippen LogP contribution in [-0.2, 0) is 34.7 Å². The largest absolute Gasteiger partial charge is 0.456 e. The van der Waals surface area contributed by atoms with Crippen molar-refractivity contribution in [1.29, 1.82) is 0 Å². The summed E-state index contributed by atoms with van der Waals surface area (Å²) in [4.78, 5) is 24.2. The molecule has 0 saturated carbocycles. The van der Waals surface area contributed by atoms with Gasteiger partial charge >= 0.3 is 5.97 Å². The SMILES string of the molecule is CC(=O)OC1=C(NS(=O)(=O)CCCBr)OC(C)(c2cccc(Cl)c2)C1=O. The van der Waals surface area contributed by atoms with Crippen LogP contribution in [0, 0.1) is 0 Å². The van der Waals surface area contributed by atoms with Crippen LogP contribution in [0.1, 0.15) is 25.8 Å². The maximum absolute atomic E-state index is 12.8. The maximum Gasteiger partial charge on any atom is 0.308 e. The molecule has 1 unspecified atom stereocenters. The lowest BCUT2D eigenvalue weighted by molar-refractivity contribution is -0.142. The average Bonchev–Trinajstić information content (AvgIpc) is 2.77. The second kappa shape index (κ2) is 7.98.